The van der Waals surface area contributed by atoms with Gasteiger partial charge in [0.15, 0.2) is 0 Å². The molecule has 0 saturated carbocycles. The van der Waals surface area contributed by atoms with Crippen molar-refractivity contribution in [2.45, 2.75) is 39.5 Å². The minimum absolute atomic E-state index is 0.0347. The predicted octanol–water partition coefficient (Wildman–Crippen LogP) is 2.38. The number of hydrogen-bond donors (Lipinski definition) is 1. The van der Waals surface area contributed by atoms with Crippen LogP contribution in [0.5, 0.6) is 0 Å². The summed E-state index contributed by atoms with van der Waals surface area (Å²) in [5.74, 6) is 0. The molecule has 2 aliphatic heterocycles. The van der Waals surface area contributed by atoms with Crippen LogP contribution in [-0.4, -0.2) is 29.4 Å². The summed E-state index contributed by atoms with van der Waals surface area (Å²) in [6.45, 7) is 5.53. The molecular formula is C12H20N3O+. The fraction of sp³-hybridized carbons (Fsp3) is 0.667. The second kappa shape index (κ2) is 4.37. The summed E-state index contributed by atoms with van der Waals surface area (Å²) >= 11 is 0. The van der Waals surface area contributed by atoms with Crippen molar-refractivity contribution in [1.82, 2.24) is 5.32 Å². The third-order valence-electron chi connectivity index (χ3n) is 3.35. The van der Waals surface area contributed by atoms with Crippen molar-refractivity contribution in [1.29, 1.82) is 0 Å². The maximum atomic E-state index is 12.2. The molecule has 1 unspecified atom stereocenters. The summed E-state index contributed by atoms with van der Waals surface area (Å²) in [6.07, 6.45) is 6.55. The van der Waals surface area contributed by atoms with Crippen molar-refractivity contribution in [2.24, 2.45) is 5.10 Å². The van der Waals surface area contributed by atoms with E-state index in [2.05, 4.69) is 10.4 Å². The van der Waals surface area contributed by atoms with Crippen molar-refractivity contribution in [3.63, 3.8) is 0 Å². The normalized spacial score (nSPS) is 31.2. The summed E-state index contributed by atoms with van der Waals surface area (Å²) in [7, 11) is 0. The molecule has 16 heavy (non-hydrogen) atoms. The summed E-state index contributed by atoms with van der Waals surface area (Å²) < 4.78 is 0.159. The fourth-order valence-electron chi connectivity index (χ4n) is 2.46. The first-order valence-electron chi connectivity index (χ1n) is 6.07. The van der Waals surface area contributed by atoms with Gasteiger partial charge in [-0.05, 0) is 26.2 Å². The molecular weight excluding hydrogens is 202 g/mol. The first kappa shape index (κ1) is 11.3. The van der Waals surface area contributed by atoms with E-state index in [0.29, 0.717) is 0 Å². The van der Waals surface area contributed by atoms with Gasteiger partial charge in [0.1, 0.15) is 12.2 Å². The molecule has 0 bridgehead atoms. The summed E-state index contributed by atoms with van der Waals surface area (Å²) in [5, 5.41) is 7.53. The zero-order valence-corrected chi connectivity index (χ0v) is 10.1. The summed E-state index contributed by atoms with van der Waals surface area (Å²) in [4.78, 5) is 12.2. The van der Waals surface area contributed by atoms with E-state index in [0.717, 1.165) is 37.3 Å². The Morgan fingerprint density at radius 3 is 2.69 bits per heavy atom. The highest BCUT2D eigenvalue weighted by Gasteiger charge is 2.43. The van der Waals surface area contributed by atoms with Crippen LogP contribution in [0.1, 0.15) is 39.5 Å². The Morgan fingerprint density at radius 1 is 1.25 bits per heavy atom. The number of nitrogens with one attached hydrogen (secondary N) is 1. The average Bonchev–Trinajstić information content (AvgIpc) is 2.56. The number of carbonyl (C=O) groups excluding carboxylic acids is 1. The lowest BCUT2D eigenvalue weighted by molar-refractivity contribution is -0.816. The van der Waals surface area contributed by atoms with Crippen LogP contribution < -0.4 is 5.32 Å². The highest BCUT2D eigenvalue weighted by molar-refractivity contribution is 5.94. The molecule has 0 aromatic carbocycles. The van der Waals surface area contributed by atoms with Crippen LogP contribution in [-0.2, 0) is 0 Å². The van der Waals surface area contributed by atoms with E-state index < -0.39 is 0 Å². The van der Waals surface area contributed by atoms with Gasteiger partial charge >= 0.3 is 6.03 Å². The first-order chi connectivity index (χ1) is 7.65. The van der Waals surface area contributed by atoms with Gasteiger partial charge < -0.3 is 5.32 Å². The van der Waals surface area contributed by atoms with Crippen LogP contribution >= 0.6 is 0 Å². The first-order valence-corrected chi connectivity index (χ1v) is 6.07. The molecule has 1 atom stereocenters. The summed E-state index contributed by atoms with van der Waals surface area (Å²) in [5.41, 5.74) is 1.99. The van der Waals surface area contributed by atoms with E-state index in [1.165, 1.54) is 12.8 Å². The third kappa shape index (κ3) is 1.89. The molecule has 2 heterocycles. The lowest BCUT2D eigenvalue weighted by Gasteiger charge is -2.26. The molecule has 1 fully saturated rings. The number of carbonyl (C=O) groups is 1. The van der Waals surface area contributed by atoms with Crippen molar-refractivity contribution in [2.75, 3.05) is 13.1 Å². The van der Waals surface area contributed by atoms with E-state index in [4.69, 9.17) is 0 Å². The zero-order chi connectivity index (χ0) is 11.6. The Balaban J connectivity index is 2.28. The van der Waals surface area contributed by atoms with Gasteiger partial charge in [0.05, 0.1) is 5.71 Å². The van der Waals surface area contributed by atoms with Gasteiger partial charge in [0.2, 0.25) is 0 Å². The lowest BCUT2D eigenvalue weighted by Crippen LogP contribution is -2.51. The highest BCUT2D eigenvalue weighted by Crippen LogP contribution is 2.27. The molecule has 1 saturated heterocycles. The van der Waals surface area contributed by atoms with Gasteiger partial charge in [-0.2, -0.15) is 0 Å². The quantitative estimate of drug-likeness (QED) is 0.628. The number of amides is 2. The lowest BCUT2D eigenvalue weighted by atomic mass is 10.2. The second-order valence-electron chi connectivity index (χ2n) is 4.67. The molecule has 0 aromatic heterocycles. The molecule has 4 heteroatoms. The number of quaternary nitrogens is 1. The van der Waals surface area contributed by atoms with E-state index in [1.807, 2.05) is 19.9 Å². The Labute approximate surface area is 96.6 Å². The molecule has 1 spiro atoms. The van der Waals surface area contributed by atoms with E-state index >= 15 is 0 Å². The van der Waals surface area contributed by atoms with Crippen LogP contribution in [0.4, 0.5) is 4.79 Å². The molecule has 0 aliphatic carbocycles. The maximum absolute atomic E-state index is 12.2. The smallest absolute Gasteiger partial charge is 0.303 e. The van der Waals surface area contributed by atoms with Gasteiger partial charge in [0, 0.05) is 19.5 Å². The molecule has 1 N–H and O–H groups in total. The monoisotopic (exact) mass is 222 g/mol. The molecule has 0 aromatic rings. The number of hydrogen-bond acceptors (Lipinski definition) is 2. The van der Waals surface area contributed by atoms with E-state index in [9.17, 15) is 4.79 Å². The standard InChI is InChI=1S/C12H19N3O/c1-10-9-11(2)15(14-10)8-6-4-3-5-7-13-12(15)16/h9H,3-8H2,1-2H3/p+1. The van der Waals surface area contributed by atoms with Crippen molar-refractivity contribution in [3.05, 3.63) is 11.8 Å². The molecule has 0 radical (unpaired) electrons. The average molecular weight is 222 g/mol. The Bertz CT molecular complexity index is 359. The Hall–Kier alpha value is -1.16. The zero-order valence-electron chi connectivity index (χ0n) is 10.1. The Morgan fingerprint density at radius 2 is 2.00 bits per heavy atom. The van der Waals surface area contributed by atoms with Gasteiger partial charge in [-0.3, -0.25) is 0 Å². The topological polar surface area (TPSA) is 41.5 Å². The molecule has 4 nitrogen and oxygen atoms in total. The van der Waals surface area contributed by atoms with Gasteiger partial charge in [-0.15, -0.1) is 0 Å². The van der Waals surface area contributed by atoms with Crippen molar-refractivity contribution < 1.29 is 9.39 Å². The van der Waals surface area contributed by atoms with Gasteiger partial charge in [-0.25, -0.2) is 4.79 Å². The maximum Gasteiger partial charge on any atom is 0.448 e. The number of nitrogens with zero attached hydrogens (tertiary/aromatic N) is 2. The minimum atomic E-state index is 0.0347. The Kier molecular flexibility index (Phi) is 3.10. The second-order valence-corrected chi connectivity index (χ2v) is 4.67. The molecule has 88 valence electrons. The van der Waals surface area contributed by atoms with Crippen LogP contribution in [0.25, 0.3) is 0 Å². The van der Waals surface area contributed by atoms with Gasteiger partial charge in [0.25, 0.3) is 0 Å². The van der Waals surface area contributed by atoms with Crippen LogP contribution in [0.2, 0.25) is 0 Å². The molecule has 2 aliphatic rings. The predicted molar refractivity (Wildman–Crippen MR) is 63.9 cm³/mol. The molecule has 2 rings (SSSR count). The van der Waals surface area contributed by atoms with Crippen LogP contribution in [0.15, 0.2) is 16.9 Å². The molecule has 2 amide bonds. The van der Waals surface area contributed by atoms with E-state index in [-0.39, 0.29) is 10.6 Å². The van der Waals surface area contributed by atoms with E-state index in [1.54, 1.807) is 0 Å². The van der Waals surface area contributed by atoms with Gasteiger partial charge in [-0.1, -0.05) is 16.1 Å². The highest BCUT2D eigenvalue weighted by atomic mass is 16.2. The third-order valence-corrected chi connectivity index (χ3v) is 3.35. The number of urea groups is 1. The number of allylic oxidation sites excluding steroid dienone is 2. The van der Waals surface area contributed by atoms with Crippen LogP contribution in [0, 0.1) is 0 Å². The minimum Gasteiger partial charge on any atom is -0.303 e. The number of rotatable bonds is 0. The van der Waals surface area contributed by atoms with Crippen LogP contribution in [0.3, 0.4) is 0 Å². The summed E-state index contributed by atoms with van der Waals surface area (Å²) in [6, 6.07) is 0.0347. The largest absolute Gasteiger partial charge is 0.448 e. The van der Waals surface area contributed by atoms with Crippen molar-refractivity contribution in [3.8, 4) is 0 Å². The fourth-order valence-corrected chi connectivity index (χ4v) is 2.46. The van der Waals surface area contributed by atoms with Crippen molar-refractivity contribution >= 4 is 11.7 Å². The SMILES string of the molecule is CC1=CC(C)=N[N+]12CCCCCCNC2=O.